The number of β-lactam (4-membered cyclic amide) rings is 1. The minimum atomic E-state index is -1.44. The molecule has 0 spiro atoms. The van der Waals surface area contributed by atoms with Crippen LogP contribution in [-0.4, -0.2) is 28.3 Å². The molecule has 2 aliphatic heterocycles. The molecule has 0 saturated carbocycles. The lowest BCUT2D eigenvalue weighted by molar-refractivity contribution is -0.158. The van der Waals surface area contributed by atoms with E-state index >= 15 is 0 Å². The molecule has 88 valence electrons. The molecule has 6 heteroatoms. The number of fused-ring (bicyclic) bond motifs is 1. The summed E-state index contributed by atoms with van der Waals surface area (Å²) in [6.45, 7) is 5.59. The Balaban J connectivity index is 2.35. The molecule has 6 nitrogen and oxygen atoms in total. The molecule has 2 heterocycles. The van der Waals surface area contributed by atoms with Gasteiger partial charge in [-0.25, -0.2) is 9.69 Å². The Kier molecular flexibility index (Phi) is 2.11. The van der Waals surface area contributed by atoms with Crippen molar-refractivity contribution in [2.75, 3.05) is 0 Å². The quantitative estimate of drug-likeness (QED) is 0.542. The highest BCUT2D eigenvalue weighted by Crippen LogP contribution is 2.43. The van der Waals surface area contributed by atoms with Gasteiger partial charge in [0.1, 0.15) is 0 Å². The number of hydrogen-bond acceptors (Lipinski definition) is 4. The van der Waals surface area contributed by atoms with Crippen LogP contribution >= 0.6 is 0 Å². The Morgan fingerprint density at radius 3 is 2.62 bits per heavy atom. The zero-order chi connectivity index (χ0) is 12.1. The van der Waals surface area contributed by atoms with Crippen LogP contribution < -0.4 is 0 Å². The number of carbonyl (C=O) groups is 2. The maximum Gasteiger partial charge on any atom is 0.512 e. The van der Waals surface area contributed by atoms with Gasteiger partial charge in [-0.2, -0.15) is 0 Å². The highest BCUT2D eigenvalue weighted by atomic mass is 16.7. The van der Waals surface area contributed by atoms with Gasteiger partial charge in [0, 0.05) is 5.41 Å². The van der Waals surface area contributed by atoms with Gasteiger partial charge >= 0.3 is 6.16 Å². The van der Waals surface area contributed by atoms with Crippen molar-refractivity contribution in [2.45, 2.75) is 33.4 Å². The Morgan fingerprint density at radius 2 is 2.19 bits per heavy atom. The van der Waals surface area contributed by atoms with E-state index in [0.29, 0.717) is 5.76 Å². The van der Waals surface area contributed by atoms with Crippen LogP contribution in [0.5, 0.6) is 0 Å². The van der Waals surface area contributed by atoms with E-state index in [2.05, 4.69) is 4.74 Å². The van der Waals surface area contributed by atoms with Crippen LogP contribution in [0.15, 0.2) is 11.6 Å². The first-order valence-electron chi connectivity index (χ1n) is 4.95. The molecule has 0 radical (unpaired) electrons. The van der Waals surface area contributed by atoms with Crippen molar-refractivity contribution in [3.05, 3.63) is 11.6 Å². The fourth-order valence-corrected chi connectivity index (χ4v) is 1.70. The Labute approximate surface area is 92.4 Å². The predicted octanol–water partition coefficient (Wildman–Crippen LogP) is 1.48. The Bertz CT molecular complexity index is 393. The first kappa shape index (κ1) is 10.8. The number of rotatable bonds is 1. The lowest BCUT2D eigenvalue weighted by Crippen LogP contribution is -2.49. The molecular formula is C10H13NO5. The summed E-state index contributed by atoms with van der Waals surface area (Å²) in [6.07, 6.45) is -1.57. The number of ether oxygens (including phenoxy) is 2. The van der Waals surface area contributed by atoms with Gasteiger partial charge < -0.3 is 14.6 Å². The van der Waals surface area contributed by atoms with Gasteiger partial charge in [0.2, 0.25) is 5.91 Å². The summed E-state index contributed by atoms with van der Waals surface area (Å²) in [6, 6.07) is 0. The molecular weight excluding hydrogens is 214 g/mol. The number of amides is 1. The summed E-state index contributed by atoms with van der Waals surface area (Å²) in [5.74, 6) is 0.243. The van der Waals surface area contributed by atoms with Crippen molar-refractivity contribution < 1.29 is 24.2 Å². The number of carbonyl (C=O) groups excluding carboxylic acids is 1. The smallest absolute Gasteiger partial charge is 0.468 e. The number of carboxylic acid groups (broad SMARTS) is 1. The van der Waals surface area contributed by atoms with Crippen LogP contribution in [0.1, 0.15) is 27.2 Å². The highest BCUT2D eigenvalue weighted by molar-refractivity contribution is 5.85. The average Bonchev–Trinajstić information content (AvgIpc) is 2.34. The predicted molar refractivity (Wildman–Crippen MR) is 51.9 cm³/mol. The van der Waals surface area contributed by atoms with Gasteiger partial charge in [-0.1, -0.05) is 20.8 Å². The summed E-state index contributed by atoms with van der Waals surface area (Å²) in [7, 11) is 0. The topological polar surface area (TPSA) is 76.1 Å². The van der Waals surface area contributed by atoms with E-state index in [1.165, 1.54) is 4.90 Å². The number of allylic oxidation sites excluding steroid dienone is 1. The van der Waals surface area contributed by atoms with Crippen LogP contribution in [0, 0.1) is 5.41 Å². The van der Waals surface area contributed by atoms with Crippen molar-refractivity contribution >= 4 is 12.1 Å². The third-order valence-corrected chi connectivity index (χ3v) is 2.44. The molecule has 0 aromatic heterocycles. The second kappa shape index (κ2) is 3.13. The molecule has 0 bridgehead atoms. The van der Waals surface area contributed by atoms with E-state index in [0.717, 1.165) is 0 Å². The van der Waals surface area contributed by atoms with Crippen molar-refractivity contribution in [3.8, 4) is 0 Å². The second-order valence-corrected chi connectivity index (χ2v) is 4.79. The maximum atomic E-state index is 11.3. The third kappa shape index (κ3) is 1.50. The lowest BCUT2D eigenvalue weighted by Gasteiger charge is -2.32. The summed E-state index contributed by atoms with van der Waals surface area (Å²) in [5.41, 5.74) is -0.400. The molecule has 2 aliphatic rings. The molecule has 16 heavy (non-hydrogen) atoms. The molecule has 1 atom stereocenters. The van der Waals surface area contributed by atoms with Gasteiger partial charge in [0.25, 0.3) is 5.88 Å². The molecule has 1 amide bonds. The summed E-state index contributed by atoms with van der Waals surface area (Å²) in [5, 5.41) is 8.62. The van der Waals surface area contributed by atoms with E-state index in [1.54, 1.807) is 0 Å². The molecule has 0 aromatic carbocycles. The zero-order valence-corrected chi connectivity index (χ0v) is 9.31. The maximum absolute atomic E-state index is 11.3. The van der Waals surface area contributed by atoms with Crippen molar-refractivity contribution in [1.82, 2.24) is 4.90 Å². The van der Waals surface area contributed by atoms with Crippen molar-refractivity contribution in [2.24, 2.45) is 5.41 Å². The van der Waals surface area contributed by atoms with Gasteiger partial charge in [-0.05, 0) is 0 Å². The van der Waals surface area contributed by atoms with Crippen molar-refractivity contribution in [1.29, 1.82) is 0 Å². The third-order valence-electron chi connectivity index (χ3n) is 2.44. The van der Waals surface area contributed by atoms with Crippen LogP contribution in [-0.2, 0) is 14.3 Å². The summed E-state index contributed by atoms with van der Waals surface area (Å²) in [4.78, 5) is 23.1. The van der Waals surface area contributed by atoms with Crippen LogP contribution in [0.4, 0.5) is 4.79 Å². The monoisotopic (exact) mass is 227 g/mol. The summed E-state index contributed by atoms with van der Waals surface area (Å²) < 4.78 is 10.1. The lowest BCUT2D eigenvalue weighted by atomic mass is 9.94. The van der Waals surface area contributed by atoms with E-state index in [-0.39, 0.29) is 18.2 Å². The van der Waals surface area contributed by atoms with E-state index in [4.69, 9.17) is 9.84 Å². The molecule has 1 saturated heterocycles. The minimum absolute atomic E-state index is 0.0150. The molecule has 1 unspecified atom stereocenters. The highest BCUT2D eigenvalue weighted by Gasteiger charge is 2.51. The minimum Gasteiger partial charge on any atom is -0.468 e. The van der Waals surface area contributed by atoms with Crippen LogP contribution in [0.3, 0.4) is 0 Å². The normalized spacial score (nSPS) is 23.8. The molecule has 1 N–H and O–H groups in total. The van der Waals surface area contributed by atoms with Gasteiger partial charge in [-0.15, -0.1) is 0 Å². The Morgan fingerprint density at radius 1 is 1.56 bits per heavy atom. The molecule has 2 rings (SSSR count). The Hall–Kier alpha value is -1.72. The largest absolute Gasteiger partial charge is 0.512 e. The molecule has 1 fully saturated rings. The van der Waals surface area contributed by atoms with Crippen molar-refractivity contribution in [3.63, 3.8) is 0 Å². The average molecular weight is 227 g/mol. The van der Waals surface area contributed by atoms with Crippen LogP contribution in [0.25, 0.3) is 0 Å². The first-order chi connectivity index (χ1) is 7.30. The standard InChI is InChI=1S/C10H13NO5/c1-10(2,3)7-8(16-9(13)14)11-5(12)4-6(11)15-7/h6H,4H2,1-3H3,(H,13,14). The molecule has 0 aromatic rings. The number of nitrogens with zero attached hydrogens (tertiary/aromatic N) is 1. The SMILES string of the molecule is CC(C)(C)C1=C(OC(=O)O)N2C(=O)CC2O1. The first-order valence-corrected chi connectivity index (χ1v) is 4.95. The van der Waals surface area contributed by atoms with E-state index in [1.807, 2.05) is 20.8 Å². The van der Waals surface area contributed by atoms with Gasteiger partial charge in [0.05, 0.1) is 6.42 Å². The van der Waals surface area contributed by atoms with E-state index in [9.17, 15) is 9.59 Å². The van der Waals surface area contributed by atoms with Gasteiger partial charge in [-0.3, -0.25) is 4.79 Å². The van der Waals surface area contributed by atoms with Crippen LogP contribution in [0.2, 0.25) is 0 Å². The molecule has 0 aliphatic carbocycles. The fourth-order valence-electron chi connectivity index (χ4n) is 1.70. The van der Waals surface area contributed by atoms with Gasteiger partial charge in [0.15, 0.2) is 12.0 Å². The fraction of sp³-hybridized carbons (Fsp3) is 0.600. The second-order valence-electron chi connectivity index (χ2n) is 4.79. The number of hydrogen-bond donors (Lipinski definition) is 1. The summed E-state index contributed by atoms with van der Waals surface area (Å²) >= 11 is 0. The van der Waals surface area contributed by atoms with E-state index < -0.39 is 17.8 Å². The zero-order valence-electron chi connectivity index (χ0n) is 9.31.